The molecule has 0 bridgehead atoms. The lowest BCUT2D eigenvalue weighted by molar-refractivity contribution is -0.141. The third-order valence-corrected chi connectivity index (χ3v) is 3.38. The van der Waals surface area contributed by atoms with E-state index in [0.29, 0.717) is 16.8 Å². The Morgan fingerprint density at radius 3 is 2.46 bits per heavy atom. The molecular weight excluding hydrogens is 349 g/mol. The highest BCUT2D eigenvalue weighted by molar-refractivity contribution is 5.87. The maximum atomic E-state index is 12.7. The van der Waals surface area contributed by atoms with Gasteiger partial charge < -0.3 is 10.4 Å². The molecule has 0 aliphatic heterocycles. The number of carboxylic acids is 1. The average Bonchev–Trinajstić information content (AvgIpc) is 2.61. The number of hydrogen-bond acceptors (Lipinski definition) is 5. The lowest BCUT2D eigenvalue weighted by Crippen LogP contribution is -2.10. The Labute approximate surface area is 145 Å². The molecule has 132 valence electrons. The molecule has 0 radical (unpaired) electrons. The van der Waals surface area contributed by atoms with E-state index in [4.69, 9.17) is 5.11 Å². The van der Waals surface area contributed by atoms with Crippen molar-refractivity contribution in [3.63, 3.8) is 0 Å². The third kappa shape index (κ3) is 3.94. The molecular formula is C17H11F3N4O2. The molecule has 3 rings (SSSR count). The molecule has 0 spiro atoms. The number of pyridine rings is 1. The minimum atomic E-state index is -4.56. The van der Waals surface area contributed by atoms with Gasteiger partial charge in [0.15, 0.2) is 0 Å². The summed E-state index contributed by atoms with van der Waals surface area (Å²) in [5.74, 6) is -1.35. The van der Waals surface area contributed by atoms with Crippen LogP contribution in [0.25, 0.3) is 11.1 Å². The summed E-state index contributed by atoms with van der Waals surface area (Å²) in [6.45, 7) is 0. The standard InChI is InChI=1S/C17H11F3N4O2/c18-17(19,20)14-5-7-22-16(24-14)23-12-3-1-2-10(8-12)11-4-6-21-13(9-11)15(25)26/h1-9H,(H,25,26)(H,22,23,24). The van der Waals surface area contributed by atoms with Crippen LogP contribution in [-0.2, 0) is 6.18 Å². The molecule has 9 heteroatoms. The van der Waals surface area contributed by atoms with Gasteiger partial charge in [-0.15, -0.1) is 0 Å². The maximum Gasteiger partial charge on any atom is 0.433 e. The molecule has 3 aromatic rings. The Morgan fingerprint density at radius 1 is 1.00 bits per heavy atom. The summed E-state index contributed by atoms with van der Waals surface area (Å²) >= 11 is 0. The number of hydrogen-bond donors (Lipinski definition) is 2. The number of aromatic nitrogens is 3. The summed E-state index contributed by atoms with van der Waals surface area (Å²) in [4.78, 5) is 22.0. The highest BCUT2D eigenvalue weighted by Gasteiger charge is 2.32. The first-order valence-electron chi connectivity index (χ1n) is 7.30. The molecule has 2 heterocycles. The van der Waals surface area contributed by atoms with Crippen molar-refractivity contribution in [3.05, 3.63) is 66.2 Å². The number of carboxylic acid groups (broad SMARTS) is 1. The van der Waals surface area contributed by atoms with E-state index in [-0.39, 0.29) is 11.6 Å². The van der Waals surface area contributed by atoms with Crippen LogP contribution in [0.5, 0.6) is 0 Å². The van der Waals surface area contributed by atoms with Gasteiger partial charge in [-0.3, -0.25) is 0 Å². The van der Waals surface area contributed by atoms with Gasteiger partial charge in [-0.2, -0.15) is 13.2 Å². The molecule has 0 aliphatic carbocycles. The Bertz CT molecular complexity index is 960. The fourth-order valence-electron chi connectivity index (χ4n) is 2.21. The zero-order valence-corrected chi connectivity index (χ0v) is 13.0. The average molecular weight is 360 g/mol. The van der Waals surface area contributed by atoms with Crippen LogP contribution >= 0.6 is 0 Å². The monoisotopic (exact) mass is 360 g/mol. The molecule has 0 saturated carbocycles. The van der Waals surface area contributed by atoms with Gasteiger partial charge in [0.25, 0.3) is 0 Å². The van der Waals surface area contributed by atoms with Crippen LogP contribution in [0, 0.1) is 0 Å². The number of halogens is 3. The zero-order chi connectivity index (χ0) is 18.7. The van der Waals surface area contributed by atoms with Crippen LogP contribution in [0.1, 0.15) is 16.2 Å². The molecule has 2 N–H and O–H groups in total. The fourth-order valence-corrected chi connectivity index (χ4v) is 2.21. The van der Waals surface area contributed by atoms with E-state index in [2.05, 4.69) is 20.3 Å². The summed E-state index contributed by atoms with van der Waals surface area (Å²) in [6, 6.07) is 10.5. The summed E-state index contributed by atoms with van der Waals surface area (Å²) in [5.41, 5.74) is 0.557. The first kappa shape index (κ1) is 17.3. The zero-order valence-electron chi connectivity index (χ0n) is 13.0. The van der Waals surface area contributed by atoms with Gasteiger partial charge in [0.05, 0.1) is 0 Å². The predicted octanol–water partition coefficient (Wildman–Crippen LogP) is 4.00. The van der Waals surface area contributed by atoms with Crippen LogP contribution in [0.2, 0.25) is 0 Å². The summed E-state index contributed by atoms with van der Waals surface area (Å²) in [7, 11) is 0. The van der Waals surface area contributed by atoms with Crippen molar-refractivity contribution in [2.75, 3.05) is 5.32 Å². The maximum absolute atomic E-state index is 12.7. The Morgan fingerprint density at radius 2 is 1.73 bits per heavy atom. The number of anilines is 2. The van der Waals surface area contributed by atoms with E-state index in [1.165, 1.54) is 12.3 Å². The SMILES string of the molecule is O=C(O)c1cc(-c2cccc(Nc3nccc(C(F)(F)F)n3)c2)ccn1. The van der Waals surface area contributed by atoms with E-state index in [1.54, 1.807) is 30.3 Å². The molecule has 0 atom stereocenters. The largest absolute Gasteiger partial charge is 0.477 e. The lowest BCUT2D eigenvalue weighted by Gasteiger charge is -2.10. The Balaban J connectivity index is 1.89. The highest BCUT2D eigenvalue weighted by atomic mass is 19.4. The predicted molar refractivity (Wildman–Crippen MR) is 86.9 cm³/mol. The van der Waals surface area contributed by atoms with Crippen LogP contribution in [0.3, 0.4) is 0 Å². The lowest BCUT2D eigenvalue weighted by atomic mass is 10.1. The van der Waals surface area contributed by atoms with E-state index in [9.17, 15) is 18.0 Å². The number of carbonyl (C=O) groups is 1. The molecule has 0 fully saturated rings. The number of benzene rings is 1. The second kappa shape index (κ2) is 6.79. The van der Waals surface area contributed by atoms with Crippen molar-refractivity contribution in [2.45, 2.75) is 6.18 Å². The summed E-state index contributed by atoms with van der Waals surface area (Å²) in [6.07, 6.45) is -2.18. The van der Waals surface area contributed by atoms with Crippen molar-refractivity contribution in [1.82, 2.24) is 15.0 Å². The molecule has 0 saturated heterocycles. The normalized spacial score (nSPS) is 11.2. The number of rotatable bonds is 4. The van der Waals surface area contributed by atoms with Gasteiger partial charge in [-0.1, -0.05) is 12.1 Å². The minimum absolute atomic E-state index is 0.109. The number of nitrogens with zero attached hydrogens (tertiary/aromatic N) is 3. The summed E-state index contributed by atoms with van der Waals surface area (Å²) < 4.78 is 38.2. The smallest absolute Gasteiger partial charge is 0.433 e. The number of aromatic carboxylic acids is 1. The van der Waals surface area contributed by atoms with Gasteiger partial charge in [0.2, 0.25) is 5.95 Å². The van der Waals surface area contributed by atoms with Crippen molar-refractivity contribution in [3.8, 4) is 11.1 Å². The van der Waals surface area contributed by atoms with Gasteiger partial charge in [-0.05, 0) is 41.5 Å². The van der Waals surface area contributed by atoms with Gasteiger partial charge in [0, 0.05) is 18.1 Å². The molecule has 2 aromatic heterocycles. The number of alkyl halides is 3. The second-order valence-electron chi connectivity index (χ2n) is 5.20. The van der Waals surface area contributed by atoms with Crippen molar-refractivity contribution < 1.29 is 23.1 Å². The molecule has 0 amide bonds. The number of nitrogens with one attached hydrogen (secondary N) is 1. The van der Waals surface area contributed by atoms with E-state index in [0.717, 1.165) is 12.3 Å². The molecule has 0 aliphatic rings. The third-order valence-electron chi connectivity index (χ3n) is 3.38. The molecule has 6 nitrogen and oxygen atoms in total. The first-order valence-corrected chi connectivity index (χ1v) is 7.30. The fraction of sp³-hybridized carbons (Fsp3) is 0.0588. The molecule has 0 unspecified atom stereocenters. The molecule has 26 heavy (non-hydrogen) atoms. The first-order chi connectivity index (χ1) is 12.3. The van der Waals surface area contributed by atoms with Gasteiger partial charge in [0.1, 0.15) is 11.4 Å². The van der Waals surface area contributed by atoms with Crippen LogP contribution < -0.4 is 5.32 Å². The Hall–Kier alpha value is -3.49. The van der Waals surface area contributed by atoms with Gasteiger partial charge in [-0.25, -0.2) is 19.7 Å². The molecule has 1 aromatic carbocycles. The summed E-state index contributed by atoms with van der Waals surface area (Å²) in [5, 5.41) is 11.7. The topological polar surface area (TPSA) is 88.0 Å². The van der Waals surface area contributed by atoms with Crippen molar-refractivity contribution in [2.24, 2.45) is 0 Å². The highest BCUT2D eigenvalue weighted by Crippen LogP contribution is 2.28. The van der Waals surface area contributed by atoms with Crippen molar-refractivity contribution >= 4 is 17.6 Å². The van der Waals surface area contributed by atoms with E-state index >= 15 is 0 Å². The Kier molecular flexibility index (Phi) is 4.53. The van der Waals surface area contributed by atoms with Crippen molar-refractivity contribution in [1.29, 1.82) is 0 Å². The van der Waals surface area contributed by atoms with E-state index in [1.807, 2.05) is 0 Å². The van der Waals surface area contributed by atoms with Crippen LogP contribution in [0.15, 0.2) is 54.9 Å². The second-order valence-corrected chi connectivity index (χ2v) is 5.20. The van der Waals surface area contributed by atoms with Gasteiger partial charge >= 0.3 is 12.1 Å². The van der Waals surface area contributed by atoms with E-state index < -0.39 is 17.8 Å². The quantitative estimate of drug-likeness (QED) is 0.731. The van der Waals surface area contributed by atoms with Crippen LogP contribution in [-0.4, -0.2) is 26.0 Å². The minimum Gasteiger partial charge on any atom is -0.477 e. The van der Waals surface area contributed by atoms with Crippen LogP contribution in [0.4, 0.5) is 24.8 Å².